The molecule has 10 heteroatoms. The Morgan fingerprint density at radius 3 is 2.33 bits per heavy atom. The number of benzene rings is 1. The predicted octanol–water partition coefficient (Wildman–Crippen LogP) is 3.75. The fourth-order valence-electron chi connectivity index (χ4n) is 4.77. The van der Waals surface area contributed by atoms with Gasteiger partial charge in [0.25, 0.3) is 0 Å². The molecule has 1 saturated heterocycles. The Hall–Kier alpha value is -2.46. The molecule has 0 spiro atoms. The zero-order valence-electron chi connectivity index (χ0n) is 24.4. The molecule has 9 nitrogen and oxygen atoms in total. The van der Waals surface area contributed by atoms with Crippen LogP contribution in [0.5, 0.6) is 0 Å². The predicted molar refractivity (Wildman–Crippen MR) is 152 cm³/mol. The highest BCUT2D eigenvalue weighted by Gasteiger charge is 2.33. The van der Waals surface area contributed by atoms with Gasteiger partial charge in [-0.25, -0.2) is 8.42 Å². The molecule has 1 aromatic carbocycles. The fourth-order valence-corrected chi connectivity index (χ4v) is 6.23. The quantitative estimate of drug-likeness (QED) is 0.300. The van der Waals surface area contributed by atoms with Gasteiger partial charge in [0.15, 0.2) is 0 Å². The van der Waals surface area contributed by atoms with E-state index in [0.717, 1.165) is 11.1 Å². The maximum absolute atomic E-state index is 13.8. The minimum atomic E-state index is -3.55. The summed E-state index contributed by atoms with van der Waals surface area (Å²) in [6.07, 6.45) is 2.52. The van der Waals surface area contributed by atoms with Crippen LogP contribution in [0.4, 0.5) is 0 Å². The van der Waals surface area contributed by atoms with E-state index >= 15 is 0 Å². The maximum Gasteiger partial charge on any atom is 0.306 e. The van der Waals surface area contributed by atoms with Gasteiger partial charge in [0.1, 0.15) is 0 Å². The Morgan fingerprint density at radius 1 is 1.08 bits per heavy atom. The van der Waals surface area contributed by atoms with Crippen molar-refractivity contribution in [2.45, 2.75) is 85.7 Å². The summed E-state index contributed by atoms with van der Waals surface area (Å²) in [4.78, 5) is 41.7. The standard InChI is InChI=1S/C29H47N3O6S/c1-6-20-39(36,37)31(19-14-23(3)4)22-28(34)32(21-25-11-9-8-10-24(25)5)26-15-17-30(18-16-26)27(33)12-13-29(35)38-7-2/h8-11,23,26H,6-7,12-22H2,1-5H3. The van der Waals surface area contributed by atoms with Crippen molar-refractivity contribution in [1.82, 2.24) is 14.1 Å². The lowest BCUT2D eigenvalue weighted by Gasteiger charge is -2.39. The van der Waals surface area contributed by atoms with Crippen LogP contribution in [0.1, 0.15) is 77.3 Å². The number of esters is 1. The fraction of sp³-hybridized carbons (Fsp3) is 0.690. The Labute approximate surface area is 234 Å². The van der Waals surface area contributed by atoms with E-state index in [0.29, 0.717) is 57.8 Å². The molecule has 0 aromatic heterocycles. The Kier molecular flexibility index (Phi) is 13.4. The highest BCUT2D eigenvalue weighted by atomic mass is 32.2. The third-order valence-electron chi connectivity index (χ3n) is 7.15. The second kappa shape index (κ2) is 16.0. The molecule has 1 fully saturated rings. The van der Waals surface area contributed by atoms with E-state index in [1.165, 1.54) is 4.31 Å². The molecule has 0 aliphatic carbocycles. The van der Waals surface area contributed by atoms with Crippen LogP contribution >= 0.6 is 0 Å². The van der Waals surface area contributed by atoms with Crippen LogP contribution in [0.25, 0.3) is 0 Å². The molecule has 1 aromatic rings. The highest BCUT2D eigenvalue weighted by Crippen LogP contribution is 2.22. The molecule has 0 radical (unpaired) electrons. The van der Waals surface area contributed by atoms with Crippen molar-refractivity contribution in [1.29, 1.82) is 0 Å². The maximum atomic E-state index is 13.8. The largest absolute Gasteiger partial charge is 0.466 e. The topological polar surface area (TPSA) is 104 Å². The Bertz CT molecular complexity index is 1050. The summed E-state index contributed by atoms with van der Waals surface area (Å²) in [5, 5.41) is 0. The van der Waals surface area contributed by atoms with Gasteiger partial charge in [0.2, 0.25) is 21.8 Å². The number of piperidine rings is 1. The molecule has 2 amide bonds. The highest BCUT2D eigenvalue weighted by molar-refractivity contribution is 7.89. The van der Waals surface area contributed by atoms with E-state index in [9.17, 15) is 22.8 Å². The average molecular weight is 566 g/mol. The van der Waals surface area contributed by atoms with Crippen molar-refractivity contribution in [3.05, 3.63) is 35.4 Å². The molecule has 0 N–H and O–H groups in total. The molecule has 2 rings (SSSR count). The van der Waals surface area contributed by atoms with Gasteiger partial charge in [-0.3, -0.25) is 14.4 Å². The van der Waals surface area contributed by atoms with E-state index < -0.39 is 10.0 Å². The molecular weight excluding hydrogens is 518 g/mol. The SMILES string of the molecule is CCCS(=O)(=O)N(CCC(C)C)CC(=O)N(Cc1ccccc1C)C1CCN(C(=O)CCC(=O)OCC)CC1. The lowest BCUT2D eigenvalue weighted by molar-refractivity contribution is -0.146. The molecule has 0 unspecified atom stereocenters. The number of carbonyl (C=O) groups excluding carboxylic acids is 3. The average Bonchev–Trinajstić information content (AvgIpc) is 2.89. The van der Waals surface area contributed by atoms with Crippen molar-refractivity contribution < 1.29 is 27.5 Å². The van der Waals surface area contributed by atoms with Gasteiger partial charge < -0.3 is 14.5 Å². The lowest BCUT2D eigenvalue weighted by atomic mass is 10.00. The van der Waals surface area contributed by atoms with Crippen LogP contribution in [0, 0.1) is 12.8 Å². The molecule has 1 heterocycles. The van der Waals surface area contributed by atoms with Gasteiger partial charge in [-0.05, 0) is 56.6 Å². The third kappa shape index (κ3) is 10.6. The smallest absolute Gasteiger partial charge is 0.306 e. The van der Waals surface area contributed by atoms with E-state index in [-0.39, 0.29) is 55.6 Å². The minimum absolute atomic E-state index is 0.0163. The Morgan fingerprint density at radius 2 is 1.74 bits per heavy atom. The number of ether oxygens (including phenoxy) is 1. The number of carbonyl (C=O) groups is 3. The van der Waals surface area contributed by atoms with Crippen LogP contribution < -0.4 is 0 Å². The monoisotopic (exact) mass is 565 g/mol. The van der Waals surface area contributed by atoms with Crippen molar-refractivity contribution >= 4 is 27.8 Å². The molecule has 39 heavy (non-hydrogen) atoms. The summed E-state index contributed by atoms with van der Waals surface area (Å²) in [6.45, 7) is 11.4. The van der Waals surface area contributed by atoms with Crippen molar-refractivity contribution in [3.63, 3.8) is 0 Å². The van der Waals surface area contributed by atoms with Crippen LogP contribution in [0.3, 0.4) is 0 Å². The molecule has 220 valence electrons. The Balaban J connectivity index is 2.18. The second-order valence-corrected chi connectivity index (χ2v) is 12.8. The number of hydrogen-bond acceptors (Lipinski definition) is 6. The van der Waals surface area contributed by atoms with E-state index in [1.807, 2.05) is 56.9 Å². The lowest BCUT2D eigenvalue weighted by Crippen LogP contribution is -2.51. The van der Waals surface area contributed by atoms with Gasteiger partial charge in [0.05, 0.1) is 25.3 Å². The number of hydrogen-bond donors (Lipinski definition) is 0. The van der Waals surface area contributed by atoms with Gasteiger partial charge in [-0.2, -0.15) is 4.31 Å². The van der Waals surface area contributed by atoms with Gasteiger partial charge >= 0.3 is 5.97 Å². The molecule has 1 aliphatic rings. The summed E-state index contributed by atoms with van der Waals surface area (Å²) in [6, 6.07) is 7.77. The number of aryl methyl sites for hydroxylation is 1. The molecule has 0 atom stereocenters. The van der Waals surface area contributed by atoms with Crippen molar-refractivity contribution in [2.75, 3.05) is 38.5 Å². The molecule has 0 bridgehead atoms. The van der Waals surface area contributed by atoms with E-state index in [2.05, 4.69) is 0 Å². The van der Waals surface area contributed by atoms with E-state index in [4.69, 9.17) is 4.74 Å². The number of rotatable bonds is 15. The summed E-state index contributed by atoms with van der Waals surface area (Å²) >= 11 is 0. The molecule has 1 aliphatic heterocycles. The summed E-state index contributed by atoms with van der Waals surface area (Å²) < 4.78 is 32.4. The van der Waals surface area contributed by atoms with Crippen LogP contribution in [0.2, 0.25) is 0 Å². The van der Waals surface area contributed by atoms with E-state index in [1.54, 1.807) is 11.8 Å². The number of sulfonamides is 1. The van der Waals surface area contributed by atoms with Gasteiger partial charge in [-0.15, -0.1) is 0 Å². The molecular formula is C29H47N3O6S. The number of nitrogens with zero attached hydrogens (tertiary/aromatic N) is 3. The summed E-state index contributed by atoms with van der Waals surface area (Å²) in [5.74, 6) is -0.357. The normalized spacial score (nSPS) is 14.6. The van der Waals surface area contributed by atoms with Crippen LogP contribution in [-0.2, 0) is 35.7 Å². The first-order valence-electron chi connectivity index (χ1n) is 14.2. The first-order chi connectivity index (χ1) is 18.5. The zero-order valence-corrected chi connectivity index (χ0v) is 25.2. The third-order valence-corrected chi connectivity index (χ3v) is 9.17. The van der Waals surface area contributed by atoms with Crippen molar-refractivity contribution in [2.24, 2.45) is 5.92 Å². The van der Waals surface area contributed by atoms with Crippen LogP contribution in [-0.4, -0.2) is 84.9 Å². The van der Waals surface area contributed by atoms with Gasteiger partial charge in [0, 0.05) is 38.6 Å². The van der Waals surface area contributed by atoms with Crippen molar-refractivity contribution in [3.8, 4) is 0 Å². The zero-order chi connectivity index (χ0) is 29.0. The minimum Gasteiger partial charge on any atom is -0.466 e. The van der Waals surface area contributed by atoms with Gasteiger partial charge in [-0.1, -0.05) is 45.0 Å². The molecule has 0 saturated carbocycles. The number of likely N-dealkylation sites (tertiary alicyclic amines) is 1. The van der Waals surface area contributed by atoms with Crippen LogP contribution in [0.15, 0.2) is 24.3 Å². The summed E-state index contributed by atoms with van der Waals surface area (Å²) in [5.41, 5.74) is 2.08. The second-order valence-electron chi connectivity index (χ2n) is 10.7. The number of amides is 2. The summed E-state index contributed by atoms with van der Waals surface area (Å²) in [7, 11) is -3.55. The first kappa shape index (κ1) is 32.8. The first-order valence-corrected chi connectivity index (χ1v) is 15.8.